The summed E-state index contributed by atoms with van der Waals surface area (Å²) in [5.74, 6) is 3.27. The Hall–Kier alpha value is -2.14. The topological polar surface area (TPSA) is 69.6 Å². The lowest BCUT2D eigenvalue weighted by molar-refractivity contribution is -0.211. The van der Waals surface area contributed by atoms with Crippen molar-refractivity contribution >= 4 is 18.0 Å². The maximum Gasteiger partial charge on any atom is 0.335 e. The molecule has 10 atom stereocenters. The lowest BCUT2D eigenvalue weighted by atomic mass is 9.34. The Morgan fingerprint density at radius 2 is 1.73 bits per heavy atom. The highest BCUT2D eigenvalue weighted by atomic mass is 16.4. The molecule has 0 radical (unpaired) electrons. The van der Waals surface area contributed by atoms with E-state index in [1.807, 2.05) is 17.0 Å². The van der Waals surface area contributed by atoms with Gasteiger partial charge in [-0.25, -0.2) is 4.79 Å². The summed E-state index contributed by atoms with van der Waals surface area (Å²) in [6.07, 6.45) is 19.3. The number of nitrogens with one attached hydrogen (secondary N) is 1. The molecule has 0 aromatic heterocycles. The van der Waals surface area contributed by atoms with Crippen LogP contribution in [0.5, 0.6) is 0 Å². The first-order chi connectivity index (χ1) is 21.0. The minimum absolute atomic E-state index is 0.311. The molecule has 5 fully saturated rings. The third-order valence-electron chi connectivity index (χ3n) is 15.5. The van der Waals surface area contributed by atoms with E-state index in [-0.39, 0.29) is 0 Å². The first-order valence-electron chi connectivity index (χ1n) is 18.0. The highest BCUT2D eigenvalue weighted by Crippen LogP contribution is 2.75. The number of aromatic carboxylic acids is 1. The van der Waals surface area contributed by atoms with E-state index in [1.54, 1.807) is 12.1 Å². The van der Waals surface area contributed by atoms with Crippen molar-refractivity contribution in [3.8, 4) is 0 Å². The van der Waals surface area contributed by atoms with Crippen LogP contribution in [0.3, 0.4) is 0 Å². The fraction of sp³-hybridized carbons (Fsp3) is 0.744. The zero-order valence-corrected chi connectivity index (χ0v) is 27.7. The molecule has 1 aliphatic heterocycles. The smallest absolute Gasteiger partial charge is 0.335 e. The molecule has 4 saturated carbocycles. The Bertz CT molecular complexity index is 1310. The number of likely N-dealkylation sites (tertiary alicyclic amines) is 1. The standard InChI is InChI=1S/C39H56N2O3/c1-26-30(28-9-11-29(12-10-28)35(43)44)15-18-36(2)31(26)16-19-38(4)34(36)14-13-32-33-8-5-17-39(33,21-20-37(32,38)3)40-23-27-7-6-22-41(24-27)25-42/h9-12,15,25-27,31-34,40H,5-8,13-14,16-24H2,1-4H3,(H,43,44)/t26?,27?,31?,32?,33?,34?,36?,37-,38?,39?/m1/s1. The largest absolute Gasteiger partial charge is 0.478 e. The van der Waals surface area contributed by atoms with E-state index < -0.39 is 5.97 Å². The van der Waals surface area contributed by atoms with Gasteiger partial charge >= 0.3 is 5.97 Å². The van der Waals surface area contributed by atoms with Crippen molar-refractivity contribution in [1.82, 2.24) is 10.2 Å². The summed E-state index contributed by atoms with van der Waals surface area (Å²) in [5.41, 5.74) is 4.40. The van der Waals surface area contributed by atoms with Gasteiger partial charge in [-0.2, -0.15) is 0 Å². The zero-order chi connectivity index (χ0) is 30.9. The molecule has 1 saturated heterocycles. The summed E-state index contributed by atoms with van der Waals surface area (Å²) in [7, 11) is 0. The van der Waals surface area contributed by atoms with E-state index in [0.29, 0.717) is 45.1 Å². The van der Waals surface area contributed by atoms with Crippen LogP contribution in [-0.2, 0) is 4.79 Å². The molecule has 7 rings (SSSR count). The number of carbonyl (C=O) groups is 2. The molecular weight excluding hydrogens is 544 g/mol. The van der Waals surface area contributed by atoms with Crippen molar-refractivity contribution in [2.45, 2.75) is 110 Å². The van der Waals surface area contributed by atoms with Crippen LogP contribution in [0, 0.1) is 51.8 Å². The molecule has 1 amide bonds. The number of amides is 1. The minimum atomic E-state index is -0.853. The highest BCUT2D eigenvalue weighted by molar-refractivity contribution is 5.88. The van der Waals surface area contributed by atoms with Gasteiger partial charge in [0.05, 0.1) is 5.56 Å². The predicted octanol–water partition coefficient (Wildman–Crippen LogP) is 8.05. The fourth-order valence-electron chi connectivity index (χ4n) is 13.0. The summed E-state index contributed by atoms with van der Waals surface area (Å²) < 4.78 is 0. The Balaban J connectivity index is 1.11. The molecule has 240 valence electrons. The fourth-order valence-corrected chi connectivity index (χ4v) is 13.0. The van der Waals surface area contributed by atoms with Crippen molar-refractivity contribution in [2.24, 2.45) is 51.8 Å². The number of fused-ring (bicyclic) bond motifs is 7. The van der Waals surface area contributed by atoms with Gasteiger partial charge in [-0.15, -0.1) is 0 Å². The van der Waals surface area contributed by atoms with Crippen molar-refractivity contribution in [2.75, 3.05) is 19.6 Å². The van der Waals surface area contributed by atoms with E-state index in [4.69, 9.17) is 0 Å². The van der Waals surface area contributed by atoms with Crippen molar-refractivity contribution in [1.29, 1.82) is 0 Å². The van der Waals surface area contributed by atoms with Crippen LogP contribution in [-0.4, -0.2) is 47.6 Å². The summed E-state index contributed by atoms with van der Waals surface area (Å²) in [4.78, 5) is 24.9. The second-order valence-electron chi connectivity index (χ2n) is 16.9. The predicted molar refractivity (Wildman–Crippen MR) is 176 cm³/mol. The van der Waals surface area contributed by atoms with Crippen LogP contribution in [0.4, 0.5) is 0 Å². The van der Waals surface area contributed by atoms with Crippen molar-refractivity contribution < 1.29 is 14.7 Å². The second-order valence-corrected chi connectivity index (χ2v) is 16.9. The van der Waals surface area contributed by atoms with Crippen LogP contribution in [0.1, 0.15) is 121 Å². The molecule has 5 heteroatoms. The molecule has 1 heterocycles. The summed E-state index contributed by atoms with van der Waals surface area (Å²) in [6.45, 7) is 13.5. The van der Waals surface area contributed by atoms with E-state index in [9.17, 15) is 14.7 Å². The summed E-state index contributed by atoms with van der Waals surface area (Å²) >= 11 is 0. The third-order valence-corrected chi connectivity index (χ3v) is 15.5. The van der Waals surface area contributed by atoms with E-state index >= 15 is 0 Å². The van der Waals surface area contributed by atoms with E-state index in [1.165, 1.54) is 75.3 Å². The number of rotatable bonds is 6. The van der Waals surface area contributed by atoms with Gasteiger partial charge in [0.15, 0.2) is 0 Å². The molecule has 1 aromatic rings. The molecule has 0 spiro atoms. The van der Waals surface area contributed by atoms with E-state index in [2.05, 4.69) is 39.1 Å². The van der Waals surface area contributed by atoms with Crippen LogP contribution in [0.2, 0.25) is 0 Å². The molecule has 5 aliphatic carbocycles. The zero-order valence-electron chi connectivity index (χ0n) is 27.7. The van der Waals surface area contributed by atoms with Crippen molar-refractivity contribution in [3.63, 3.8) is 0 Å². The SMILES string of the molecule is CC1C(c2ccc(C(=O)O)cc2)=CCC2(C)C1CCC1(C)C2CCC2C3CCCC3(NCC3CCCN(C=O)C3)CC[C@]21C. The lowest BCUT2D eigenvalue weighted by Gasteiger charge is -2.71. The minimum Gasteiger partial charge on any atom is -0.478 e. The highest BCUT2D eigenvalue weighted by Gasteiger charge is 2.68. The van der Waals surface area contributed by atoms with Gasteiger partial charge in [0.25, 0.3) is 0 Å². The molecule has 6 aliphatic rings. The van der Waals surface area contributed by atoms with Crippen LogP contribution in [0.15, 0.2) is 30.3 Å². The molecule has 0 bridgehead atoms. The first kappa shape index (κ1) is 30.5. The monoisotopic (exact) mass is 600 g/mol. The van der Waals surface area contributed by atoms with Gasteiger partial charge < -0.3 is 15.3 Å². The average Bonchev–Trinajstić information content (AvgIpc) is 3.45. The Kier molecular flexibility index (Phi) is 7.62. The number of hydrogen-bond acceptors (Lipinski definition) is 3. The maximum absolute atomic E-state index is 11.5. The number of carbonyl (C=O) groups excluding carboxylic acids is 1. The molecular formula is C39H56N2O3. The van der Waals surface area contributed by atoms with Gasteiger partial charge in [0, 0.05) is 25.2 Å². The van der Waals surface area contributed by atoms with Crippen LogP contribution < -0.4 is 5.32 Å². The maximum atomic E-state index is 11.5. The number of nitrogens with zero attached hydrogens (tertiary/aromatic N) is 1. The average molecular weight is 601 g/mol. The number of carboxylic acid groups (broad SMARTS) is 1. The normalized spacial score (nSPS) is 44.9. The Labute approximate surface area is 265 Å². The van der Waals surface area contributed by atoms with Gasteiger partial charge in [-0.05, 0) is 146 Å². The first-order valence-corrected chi connectivity index (χ1v) is 18.0. The number of carboxylic acids is 1. The molecule has 1 aromatic carbocycles. The second kappa shape index (κ2) is 11.0. The number of allylic oxidation sites excluding steroid dienone is 2. The van der Waals surface area contributed by atoms with Gasteiger partial charge in [0.2, 0.25) is 6.41 Å². The third kappa shape index (κ3) is 4.48. The van der Waals surface area contributed by atoms with Gasteiger partial charge in [-0.3, -0.25) is 4.79 Å². The van der Waals surface area contributed by atoms with Gasteiger partial charge in [0.1, 0.15) is 0 Å². The Morgan fingerprint density at radius 3 is 2.48 bits per heavy atom. The number of hydrogen-bond donors (Lipinski definition) is 2. The van der Waals surface area contributed by atoms with E-state index in [0.717, 1.165) is 56.6 Å². The van der Waals surface area contributed by atoms with Crippen molar-refractivity contribution in [3.05, 3.63) is 41.5 Å². The summed E-state index contributed by atoms with van der Waals surface area (Å²) in [6, 6.07) is 7.61. The number of piperidine rings is 1. The molecule has 5 nitrogen and oxygen atoms in total. The van der Waals surface area contributed by atoms with Crippen LogP contribution >= 0.6 is 0 Å². The van der Waals surface area contributed by atoms with Gasteiger partial charge in [-0.1, -0.05) is 52.3 Å². The molecule has 9 unspecified atom stereocenters. The lowest BCUT2D eigenvalue weighted by Crippen LogP contribution is -2.67. The van der Waals surface area contributed by atoms with Crippen LogP contribution in [0.25, 0.3) is 5.57 Å². The molecule has 2 N–H and O–H groups in total. The summed E-state index contributed by atoms with van der Waals surface area (Å²) in [5, 5.41) is 13.6. The number of benzene rings is 1. The Morgan fingerprint density at radius 1 is 0.932 bits per heavy atom. The molecule has 44 heavy (non-hydrogen) atoms. The quantitative estimate of drug-likeness (QED) is 0.324.